The highest BCUT2D eigenvalue weighted by molar-refractivity contribution is 6.76. The number of carboxylic acid groups (broad SMARTS) is 1. The Labute approximate surface area is 166 Å². The van der Waals surface area contributed by atoms with E-state index in [-0.39, 0.29) is 11.3 Å². The second kappa shape index (κ2) is 7.15. The number of aromatic nitrogens is 3. The van der Waals surface area contributed by atoms with Crippen LogP contribution >= 0.6 is 0 Å². The van der Waals surface area contributed by atoms with E-state index in [4.69, 9.17) is 4.74 Å². The maximum atomic E-state index is 11.6. The third kappa shape index (κ3) is 3.80. The van der Waals surface area contributed by atoms with Gasteiger partial charge in [0, 0.05) is 31.3 Å². The van der Waals surface area contributed by atoms with Gasteiger partial charge in [-0.2, -0.15) is 19.6 Å². The fourth-order valence-corrected chi connectivity index (χ4v) is 5.04. The summed E-state index contributed by atoms with van der Waals surface area (Å²) in [5, 5.41) is 10.6. The van der Waals surface area contributed by atoms with Crippen molar-refractivity contribution < 1.29 is 14.6 Å². The molecule has 1 atom stereocenters. The molecular formula is C20H30N4O3Si-. The number of fused-ring (bicyclic) bond motifs is 1. The van der Waals surface area contributed by atoms with Crippen LogP contribution in [0.3, 0.4) is 0 Å². The molecule has 0 amide bonds. The molecule has 8 heteroatoms. The number of anilines is 1. The number of nitrogens with zero attached hydrogens (tertiary/aromatic N) is 4. The molecule has 1 saturated heterocycles. The molecule has 0 radical (unpaired) electrons. The summed E-state index contributed by atoms with van der Waals surface area (Å²) in [6, 6.07) is 3.20. The largest absolute Gasteiger partial charge is 0.481 e. The van der Waals surface area contributed by atoms with Gasteiger partial charge in [-0.3, -0.25) is 4.79 Å². The smallest absolute Gasteiger partial charge is 0.307 e. The fraction of sp³-hybridized carbons (Fsp3) is 0.650. The summed E-state index contributed by atoms with van der Waals surface area (Å²) >= 11 is 0. The van der Waals surface area contributed by atoms with Crippen molar-refractivity contribution in [1.82, 2.24) is 14.5 Å². The minimum Gasteiger partial charge on any atom is -0.481 e. The highest BCUT2D eigenvalue weighted by Crippen LogP contribution is 2.56. The minimum atomic E-state index is -1.09. The Balaban J connectivity index is 1.49. The Morgan fingerprint density at radius 2 is 2.14 bits per heavy atom. The van der Waals surface area contributed by atoms with Crippen LogP contribution in [-0.4, -0.2) is 53.4 Å². The number of carboxylic acids is 1. The minimum absolute atomic E-state index is 0.0656. The monoisotopic (exact) mass is 402 g/mol. The molecule has 0 aromatic carbocycles. The second-order valence-corrected chi connectivity index (χ2v) is 15.2. The lowest BCUT2D eigenvalue weighted by molar-refractivity contribution is -0.144. The zero-order chi connectivity index (χ0) is 19.9. The van der Waals surface area contributed by atoms with Crippen molar-refractivity contribution in [3.05, 3.63) is 18.6 Å². The fourth-order valence-electron chi connectivity index (χ4n) is 4.28. The molecule has 1 aliphatic heterocycles. The van der Waals surface area contributed by atoms with Gasteiger partial charge in [0.15, 0.2) is 0 Å². The first-order chi connectivity index (χ1) is 13.3. The lowest BCUT2D eigenvalue weighted by Crippen LogP contribution is -2.45. The maximum absolute atomic E-state index is 11.6. The molecule has 1 saturated carbocycles. The van der Waals surface area contributed by atoms with Gasteiger partial charge in [0.05, 0.1) is 11.3 Å². The molecule has 2 aromatic heterocycles. The number of rotatable bonds is 7. The first-order valence-electron chi connectivity index (χ1n) is 10.1. The third-order valence-corrected chi connectivity index (χ3v) is 7.89. The Bertz CT molecular complexity index is 872. The zero-order valence-corrected chi connectivity index (χ0v) is 18.0. The van der Waals surface area contributed by atoms with Crippen LogP contribution in [0.2, 0.25) is 25.7 Å². The van der Waals surface area contributed by atoms with Gasteiger partial charge < -0.3 is 19.3 Å². The van der Waals surface area contributed by atoms with Crippen molar-refractivity contribution in [2.45, 2.75) is 51.7 Å². The van der Waals surface area contributed by atoms with Crippen LogP contribution in [0.5, 0.6) is 0 Å². The average molecular weight is 403 g/mol. The summed E-state index contributed by atoms with van der Waals surface area (Å²) < 4.78 is 7.92. The predicted molar refractivity (Wildman–Crippen MR) is 111 cm³/mol. The summed E-state index contributed by atoms with van der Waals surface area (Å²) in [6.07, 6.45) is 6.30. The maximum Gasteiger partial charge on any atom is 0.307 e. The summed E-state index contributed by atoms with van der Waals surface area (Å²) in [4.78, 5) is 22.9. The molecule has 7 nitrogen and oxygen atoms in total. The van der Waals surface area contributed by atoms with Crippen LogP contribution in [0, 0.1) is 11.3 Å². The quantitative estimate of drug-likeness (QED) is 0.564. The summed E-state index contributed by atoms with van der Waals surface area (Å²) in [6.45, 7) is 9.81. The molecule has 0 unspecified atom stereocenters. The number of piperidine rings is 1. The Kier molecular flexibility index (Phi) is 4.95. The average Bonchev–Trinajstić information content (AvgIpc) is 3.25. The van der Waals surface area contributed by atoms with E-state index in [1.165, 1.54) is 0 Å². The van der Waals surface area contributed by atoms with E-state index in [9.17, 15) is 9.90 Å². The molecule has 1 N–H and O–H groups in total. The third-order valence-electron chi connectivity index (χ3n) is 6.18. The van der Waals surface area contributed by atoms with Gasteiger partial charge >= 0.3 is 5.97 Å². The van der Waals surface area contributed by atoms with Gasteiger partial charge in [-0.1, -0.05) is 0 Å². The Morgan fingerprint density at radius 3 is 2.82 bits per heavy atom. The van der Waals surface area contributed by atoms with Gasteiger partial charge in [0.25, 0.3) is 0 Å². The second-order valence-electron chi connectivity index (χ2n) is 9.53. The van der Waals surface area contributed by atoms with E-state index >= 15 is 0 Å². The van der Waals surface area contributed by atoms with Crippen LogP contribution in [0.25, 0.3) is 11.0 Å². The van der Waals surface area contributed by atoms with E-state index in [2.05, 4.69) is 40.6 Å². The zero-order valence-electron chi connectivity index (χ0n) is 17.0. The van der Waals surface area contributed by atoms with E-state index in [0.29, 0.717) is 13.2 Å². The highest BCUT2D eigenvalue weighted by atomic mass is 28.3. The molecule has 2 aromatic rings. The summed E-state index contributed by atoms with van der Waals surface area (Å²) in [7, 11) is -1.09. The Hall–Kier alpha value is -1.93. The van der Waals surface area contributed by atoms with Crippen molar-refractivity contribution in [2.24, 2.45) is 11.3 Å². The van der Waals surface area contributed by atoms with E-state index in [0.717, 1.165) is 55.4 Å². The van der Waals surface area contributed by atoms with E-state index < -0.39 is 14.0 Å². The van der Waals surface area contributed by atoms with Crippen LogP contribution in [0.4, 0.5) is 5.82 Å². The van der Waals surface area contributed by atoms with Crippen LogP contribution < -0.4 is 4.90 Å². The lowest BCUT2D eigenvalue weighted by Gasteiger charge is -2.38. The molecule has 153 valence electrons. The van der Waals surface area contributed by atoms with Crippen molar-refractivity contribution in [3.63, 3.8) is 0 Å². The van der Waals surface area contributed by atoms with E-state index in [1.807, 2.05) is 10.8 Å². The van der Waals surface area contributed by atoms with Gasteiger partial charge in [0.1, 0.15) is 24.5 Å². The molecule has 0 bridgehead atoms. The molecule has 1 spiro atoms. The van der Waals surface area contributed by atoms with Crippen molar-refractivity contribution in [2.75, 3.05) is 24.6 Å². The van der Waals surface area contributed by atoms with Gasteiger partial charge in [-0.25, -0.2) is 9.97 Å². The van der Waals surface area contributed by atoms with Crippen LogP contribution in [-0.2, 0) is 16.3 Å². The van der Waals surface area contributed by atoms with E-state index in [1.54, 1.807) is 6.33 Å². The summed E-state index contributed by atoms with van der Waals surface area (Å²) in [5.74, 6) is 0.0537. The lowest BCUT2D eigenvalue weighted by atomic mass is 9.82. The molecule has 2 aliphatic rings. The topological polar surface area (TPSA) is 80.5 Å². The van der Waals surface area contributed by atoms with Crippen LogP contribution in [0.15, 0.2) is 18.6 Å². The highest BCUT2D eigenvalue weighted by Gasteiger charge is 2.55. The normalized spacial score (nSPS) is 21.4. The van der Waals surface area contributed by atoms with Crippen molar-refractivity contribution >= 4 is 30.9 Å². The number of hydrogen-bond acceptors (Lipinski definition) is 5. The molecule has 3 heterocycles. The summed E-state index contributed by atoms with van der Waals surface area (Å²) in [5.41, 5.74) is 0.812. The molecule has 28 heavy (non-hydrogen) atoms. The molecule has 1 aliphatic carbocycles. The first kappa shape index (κ1) is 19.4. The van der Waals surface area contributed by atoms with Crippen LogP contribution in [0.1, 0.15) is 19.3 Å². The molecule has 2 fully saturated rings. The van der Waals surface area contributed by atoms with Gasteiger partial charge in [0.2, 0.25) is 0 Å². The predicted octanol–water partition coefficient (Wildman–Crippen LogP) is 3.43. The number of carbonyl (C=O) groups is 1. The number of aliphatic carboxylic acids is 1. The molecular weight excluding hydrogens is 372 g/mol. The molecule has 4 rings (SSSR count). The SMILES string of the molecule is C[Si-](C)(C)CCOCn1ccc2c(N3CC[C@@H](C(=O)O)C4(CC4)C3)ncnc21. The van der Waals surface area contributed by atoms with Crippen molar-refractivity contribution in [3.8, 4) is 0 Å². The number of ether oxygens (including phenoxy) is 1. The van der Waals surface area contributed by atoms with Gasteiger partial charge in [-0.15, -0.1) is 14.1 Å². The number of hydrogen-bond donors (Lipinski definition) is 1. The Morgan fingerprint density at radius 1 is 1.36 bits per heavy atom. The van der Waals surface area contributed by atoms with Crippen molar-refractivity contribution in [1.29, 1.82) is 0 Å². The van der Waals surface area contributed by atoms with Gasteiger partial charge in [-0.05, 0) is 25.3 Å². The first-order valence-corrected chi connectivity index (χ1v) is 13.9. The standard InChI is InChI=1S/C20H30N4O3Si/c1-28(2,3)11-10-27-14-24-8-4-15-17(21-13-22-18(15)24)23-9-5-16(19(25)26)20(12-23)6-7-20/h4,8,13,16H,5-7,9-12,14H2,1-3H3,(H,25,26)/q-1/t16-/m0/s1.